The van der Waals surface area contributed by atoms with Crippen LogP contribution in [0, 0.1) is 0 Å². The van der Waals surface area contributed by atoms with Crippen molar-refractivity contribution in [2.45, 2.75) is 51.1 Å². The lowest BCUT2D eigenvalue weighted by Gasteiger charge is -2.31. The van der Waals surface area contributed by atoms with E-state index in [9.17, 15) is 0 Å². The molecule has 1 fully saturated rings. The quantitative estimate of drug-likeness (QED) is 0.787. The Bertz CT molecular complexity index is 351. The van der Waals surface area contributed by atoms with Gasteiger partial charge in [-0.05, 0) is 37.5 Å². The molecule has 0 aromatic heterocycles. The maximum absolute atomic E-state index is 4.56. The fourth-order valence-corrected chi connectivity index (χ4v) is 3.47. The zero-order valence-corrected chi connectivity index (χ0v) is 12.4. The molecule has 3 unspecified atom stereocenters. The second kappa shape index (κ2) is 6.63. The summed E-state index contributed by atoms with van der Waals surface area (Å²) in [6.07, 6.45) is 4.00. The maximum Gasteiger partial charge on any atom is 0.00962 e. The molecule has 2 rings (SSSR count). The van der Waals surface area contributed by atoms with Gasteiger partial charge < -0.3 is 0 Å². The molecular weight excluding hydrogens is 238 g/mol. The van der Waals surface area contributed by atoms with Crippen LogP contribution in [0.4, 0.5) is 0 Å². The molecular formula is C16H25NS. The first kappa shape index (κ1) is 14.0. The standard InChI is InChI=1S/C16H25NS/c1-3-16-10-9-13(2)17(16)11-15(12-18)14-7-5-4-6-8-14/h4-8,13,15-16,18H,3,9-12H2,1-2H3. The molecule has 1 heterocycles. The van der Waals surface area contributed by atoms with Gasteiger partial charge in [0, 0.05) is 24.5 Å². The molecule has 100 valence electrons. The molecule has 0 N–H and O–H groups in total. The molecule has 1 aliphatic heterocycles. The van der Waals surface area contributed by atoms with E-state index >= 15 is 0 Å². The minimum Gasteiger partial charge on any atom is -0.297 e. The normalized spacial score (nSPS) is 26.4. The van der Waals surface area contributed by atoms with Crippen molar-refractivity contribution in [3.63, 3.8) is 0 Å². The summed E-state index contributed by atoms with van der Waals surface area (Å²) >= 11 is 4.56. The second-order valence-corrected chi connectivity index (χ2v) is 5.84. The molecule has 1 saturated heterocycles. The number of benzene rings is 1. The van der Waals surface area contributed by atoms with E-state index in [-0.39, 0.29) is 0 Å². The van der Waals surface area contributed by atoms with Gasteiger partial charge >= 0.3 is 0 Å². The summed E-state index contributed by atoms with van der Waals surface area (Å²) < 4.78 is 0. The van der Waals surface area contributed by atoms with Crippen molar-refractivity contribution in [2.75, 3.05) is 12.3 Å². The highest BCUT2D eigenvalue weighted by atomic mass is 32.1. The number of nitrogens with zero attached hydrogens (tertiary/aromatic N) is 1. The molecule has 18 heavy (non-hydrogen) atoms. The van der Waals surface area contributed by atoms with Gasteiger partial charge in [-0.2, -0.15) is 12.6 Å². The lowest BCUT2D eigenvalue weighted by atomic mass is 9.99. The van der Waals surface area contributed by atoms with Gasteiger partial charge in [0.2, 0.25) is 0 Å². The van der Waals surface area contributed by atoms with E-state index in [0.717, 1.165) is 24.4 Å². The average Bonchev–Trinajstić information content (AvgIpc) is 2.77. The fraction of sp³-hybridized carbons (Fsp3) is 0.625. The third kappa shape index (κ3) is 3.10. The summed E-state index contributed by atoms with van der Waals surface area (Å²) in [5.41, 5.74) is 1.43. The van der Waals surface area contributed by atoms with E-state index in [1.165, 1.54) is 24.8 Å². The fourth-order valence-electron chi connectivity index (χ4n) is 3.14. The monoisotopic (exact) mass is 263 g/mol. The molecule has 0 aliphatic carbocycles. The minimum absolute atomic E-state index is 0.559. The van der Waals surface area contributed by atoms with Gasteiger partial charge in [-0.3, -0.25) is 4.90 Å². The Labute approximate surface area is 117 Å². The molecule has 1 aromatic carbocycles. The third-order valence-corrected chi connectivity index (χ3v) is 4.79. The van der Waals surface area contributed by atoms with Crippen molar-refractivity contribution in [1.82, 2.24) is 4.90 Å². The Kier molecular flexibility index (Phi) is 5.13. The Balaban J connectivity index is 2.06. The minimum atomic E-state index is 0.559. The summed E-state index contributed by atoms with van der Waals surface area (Å²) in [6, 6.07) is 12.4. The molecule has 0 radical (unpaired) electrons. The summed E-state index contributed by atoms with van der Waals surface area (Å²) in [4.78, 5) is 2.70. The summed E-state index contributed by atoms with van der Waals surface area (Å²) in [5, 5.41) is 0. The van der Waals surface area contributed by atoms with Crippen molar-refractivity contribution in [3.05, 3.63) is 35.9 Å². The van der Waals surface area contributed by atoms with E-state index in [1.807, 2.05) is 0 Å². The smallest absolute Gasteiger partial charge is 0.00962 e. The molecule has 1 aliphatic rings. The highest BCUT2D eigenvalue weighted by molar-refractivity contribution is 7.80. The van der Waals surface area contributed by atoms with Gasteiger partial charge in [-0.15, -0.1) is 0 Å². The molecule has 2 heteroatoms. The number of hydrogen-bond donors (Lipinski definition) is 1. The van der Waals surface area contributed by atoms with Gasteiger partial charge in [0.05, 0.1) is 0 Å². The van der Waals surface area contributed by atoms with Crippen molar-refractivity contribution in [1.29, 1.82) is 0 Å². The lowest BCUT2D eigenvalue weighted by Crippen LogP contribution is -2.37. The highest BCUT2D eigenvalue weighted by Gasteiger charge is 2.30. The number of hydrogen-bond acceptors (Lipinski definition) is 2. The maximum atomic E-state index is 4.56. The van der Waals surface area contributed by atoms with Gasteiger partial charge in [-0.25, -0.2) is 0 Å². The molecule has 3 atom stereocenters. The SMILES string of the molecule is CCC1CCC(C)N1CC(CS)c1ccccc1. The van der Waals surface area contributed by atoms with Crippen LogP contribution in [0.15, 0.2) is 30.3 Å². The molecule has 1 aromatic rings. The van der Waals surface area contributed by atoms with E-state index in [0.29, 0.717) is 5.92 Å². The second-order valence-electron chi connectivity index (χ2n) is 5.48. The Morgan fingerprint density at radius 3 is 2.61 bits per heavy atom. The third-order valence-electron chi connectivity index (χ3n) is 4.35. The number of likely N-dealkylation sites (tertiary alicyclic amines) is 1. The van der Waals surface area contributed by atoms with Gasteiger partial charge in [0.1, 0.15) is 0 Å². The topological polar surface area (TPSA) is 3.24 Å². The van der Waals surface area contributed by atoms with Gasteiger partial charge in [0.25, 0.3) is 0 Å². The summed E-state index contributed by atoms with van der Waals surface area (Å²) in [7, 11) is 0. The Morgan fingerprint density at radius 2 is 2.00 bits per heavy atom. The predicted octanol–water partition coefficient (Wildman–Crippen LogP) is 3.96. The van der Waals surface area contributed by atoms with Gasteiger partial charge in [0.15, 0.2) is 0 Å². The molecule has 0 saturated carbocycles. The summed E-state index contributed by atoms with van der Waals surface area (Å²) in [6.45, 7) is 5.84. The lowest BCUT2D eigenvalue weighted by molar-refractivity contribution is 0.190. The number of thiol groups is 1. The van der Waals surface area contributed by atoms with E-state index in [4.69, 9.17) is 0 Å². The highest BCUT2D eigenvalue weighted by Crippen LogP contribution is 2.29. The van der Waals surface area contributed by atoms with Crippen molar-refractivity contribution in [2.24, 2.45) is 0 Å². The van der Waals surface area contributed by atoms with Crippen LogP contribution in [0.2, 0.25) is 0 Å². The first-order valence-electron chi connectivity index (χ1n) is 7.17. The van der Waals surface area contributed by atoms with Crippen molar-refractivity contribution < 1.29 is 0 Å². The van der Waals surface area contributed by atoms with Crippen LogP contribution in [-0.4, -0.2) is 29.3 Å². The Morgan fingerprint density at radius 1 is 1.28 bits per heavy atom. The van der Waals surface area contributed by atoms with E-state index < -0.39 is 0 Å². The predicted molar refractivity (Wildman–Crippen MR) is 82.5 cm³/mol. The number of rotatable bonds is 5. The van der Waals surface area contributed by atoms with Gasteiger partial charge in [-0.1, -0.05) is 37.3 Å². The zero-order valence-electron chi connectivity index (χ0n) is 11.5. The van der Waals surface area contributed by atoms with Crippen LogP contribution in [0.25, 0.3) is 0 Å². The van der Waals surface area contributed by atoms with Crippen LogP contribution in [0.3, 0.4) is 0 Å². The van der Waals surface area contributed by atoms with Crippen molar-refractivity contribution >= 4 is 12.6 Å². The zero-order chi connectivity index (χ0) is 13.0. The van der Waals surface area contributed by atoms with Crippen LogP contribution >= 0.6 is 12.6 Å². The Hall–Kier alpha value is -0.470. The first-order valence-corrected chi connectivity index (χ1v) is 7.81. The molecule has 1 nitrogen and oxygen atoms in total. The van der Waals surface area contributed by atoms with Crippen molar-refractivity contribution in [3.8, 4) is 0 Å². The van der Waals surface area contributed by atoms with Crippen LogP contribution in [-0.2, 0) is 0 Å². The summed E-state index contributed by atoms with van der Waals surface area (Å²) in [5.74, 6) is 1.49. The van der Waals surface area contributed by atoms with Crippen LogP contribution in [0.1, 0.15) is 44.6 Å². The molecule has 0 bridgehead atoms. The van der Waals surface area contributed by atoms with E-state index in [2.05, 4.69) is 61.7 Å². The average molecular weight is 263 g/mol. The van der Waals surface area contributed by atoms with Crippen LogP contribution < -0.4 is 0 Å². The molecule has 0 amide bonds. The van der Waals surface area contributed by atoms with Crippen LogP contribution in [0.5, 0.6) is 0 Å². The molecule has 0 spiro atoms. The largest absolute Gasteiger partial charge is 0.297 e. The first-order chi connectivity index (χ1) is 8.76. The van der Waals surface area contributed by atoms with E-state index in [1.54, 1.807) is 0 Å².